The quantitative estimate of drug-likeness (QED) is 0.932. The zero-order valence-electron chi connectivity index (χ0n) is 9.90. The number of anilines is 1. The molecule has 0 saturated heterocycles. The van der Waals surface area contributed by atoms with Crippen LogP contribution in [0.5, 0.6) is 0 Å². The predicted molar refractivity (Wildman–Crippen MR) is 72.2 cm³/mol. The molecular formula is C13H15BrN2O. The van der Waals surface area contributed by atoms with E-state index >= 15 is 0 Å². The van der Waals surface area contributed by atoms with Gasteiger partial charge in [0, 0.05) is 18.7 Å². The van der Waals surface area contributed by atoms with E-state index in [1.807, 2.05) is 25.3 Å². The van der Waals surface area contributed by atoms with Crippen LogP contribution < -0.4 is 5.32 Å². The largest absolute Gasteiger partial charge is 0.469 e. The van der Waals surface area contributed by atoms with Crippen molar-refractivity contribution in [2.45, 2.75) is 26.3 Å². The van der Waals surface area contributed by atoms with Crippen LogP contribution >= 0.6 is 15.9 Å². The molecule has 0 aromatic carbocycles. The van der Waals surface area contributed by atoms with Gasteiger partial charge in [0.1, 0.15) is 11.6 Å². The number of furan rings is 1. The van der Waals surface area contributed by atoms with Crippen LogP contribution in [0.4, 0.5) is 5.82 Å². The van der Waals surface area contributed by atoms with Crippen LogP contribution in [-0.2, 0) is 6.42 Å². The van der Waals surface area contributed by atoms with Crippen molar-refractivity contribution >= 4 is 21.7 Å². The third-order valence-electron chi connectivity index (χ3n) is 2.45. The number of aryl methyl sites for hydroxylation is 1. The Morgan fingerprint density at radius 2 is 2.35 bits per heavy atom. The topological polar surface area (TPSA) is 38.1 Å². The monoisotopic (exact) mass is 294 g/mol. The summed E-state index contributed by atoms with van der Waals surface area (Å²) in [5.41, 5.74) is 1.14. The van der Waals surface area contributed by atoms with Gasteiger partial charge < -0.3 is 9.73 Å². The van der Waals surface area contributed by atoms with E-state index in [2.05, 4.69) is 39.2 Å². The Labute approximate surface area is 109 Å². The second kappa shape index (κ2) is 5.36. The van der Waals surface area contributed by atoms with Crippen molar-refractivity contribution in [1.82, 2.24) is 4.98 Å². The molecule has 0 radical (unpaired) electrons. The lowest BCUT2D eigenvalue weighted by molar-refractivity contribution is 0.497. The van der Waals surface area contributed by atoms with E-state index in [4.69, 9.17) is 4.42 Å². The van der Waals surface area contributed by atoms with E-state index in [0.717, 1.165) is 28.0 Å². The zero-order chi connectivity index (χ0) is 12.3. The zero-order valence-corrected chi connectivity index (χ0v) is 11.5. The molecule has 2 rings (SSSR count). The lowest BCUT2D eigenvalue weighted by Crippen LogP contribution is -2.18. The Balaban J connectivity index is 2.00. The Morgan fingerprint density at radius 1 is 1.53 bits per heavy atom. The van der Waals surface area contributed by atoms with Gasteiger partial charge in [-0.2, -0.15) is 0 Å². The van der Waals surface area contributed by atoms with Gasteiger partial charge in [-0.15, -0.1) is 0 Å². The van der Waals surface area contributed by atoms with Crippen molar-refractivity contribution in [3.63, 3.8) is 0 Å². The molecule has 2 aromatic heterocycles. The molecule has 0 amide bonds. The van der Waals surface area contributed by atoms with Crippen molar-refractivity contribution in [1.29, 1.82) is 0 Å². The smallest absolute Gasteiger partial charge is 0.140 e. The number of hydrogen-bond donors (Lipinski definition) is 1. The number of hydrogen-bond acceptors (Lipinski definition) is 3. The summed E-state index contributed by atoms with van der Waals surface area (Å²) in [5, 5.41) is 3.36. The minimum absolute atomic E-state index is 0.271. The van der Waals surface area contributed by atoms with Crippen molar-refractivity contribution in [2.75, 3.05) is 5.32 Å². The van der Waals surface area contributed by atoms with Crippen LogP contribution in [0.2, 0.25) is 0 Å². The van der Waals surface area contributed by atoms with Gasteiger partial charge in [-0.3, -0.25) is 0 Å². The van der Waals surface area contributed by atoms with Gasteiger partial charge in [0.2, 0.25) is 0 Å². The standard InChI is InChI=1S/C13H15BrN2O/c1-9-6-12(14)13(15-8-9)16-10(2)7-11-4-3-5-17-11/h3-6,8,10H,7H2,1-2H3,(H,15,16). The average molecular weight is 295 g/mol. The maximum atomic E-state index is 5.32. The number of nitrogens with one attached hydrogen (secondary N) is 1. The summed E-state index contributed by atoms with van der Waals surface area (Å²) >= 11 is 3.51. The molecule has 1 unspecified atom stereocenters. The molecule has 0 saturated carbocycles. The fraction of sp³-hybridized carbons (Fsp3) is 0.308. The lowest BCUT2D eigenvalue weighted by Gasteiger charge is -2.14. The van der Waals surface area contributed by atoms with Crippen LogP contribution in [0.25, 0.3) is 0 Å². The molecule has 0 aliphatic heterocycles. The molecule has 0 spiro atoms. The van der Waals surface area contributed by atoms with Gasteiger partial charge in [0.05, 0.1) is 10.7 Å². The SMILES string of the molecule is Cc1cnc(NC(C)Cc2ccco2)c(Br)c1. The molecule has 1 N–H and O–H groups in total. The Hall–Kier alpha value is -1.29. The number of pyridine rings is 1. The van der Waals surface area contributed by atoms with Gasteiger partial charge >= 0.3 is 0 Å². The summed E-state index contributed by atoms with van der Waals surface area (Å²) in [6.07, 6.45) is 4.39. The van der Waals surface area contributed by atoms with Gasteiger partial charge in [0.25, 0.3) is 0 Å². The molecule has 1 atom stereocenters. The number of rotatable bonds is 4. The highest BCUT2D eigenvalue weighted by Crippen LogP contribution is 2.21. The highest BCUT2D eigenvalue weighted by atomic mass is 79.9. The molecule has 2 heterocycles. The Morgan fingerprint density at radius 3 is 3.00 bits per heavy atom. The first-order valence-electron chi connectivity index (χ1n) is 5.56. The third-order valence-corrected chi connectivity index (χ3v) is 3.05. The molecule has 0 bridgehead atoms. The fourth-order valence-electron chi connectivity index (χ4n) is 1.65. The van der Waals surface area contributed by atoms with Crippen LogP contribution in [0.3, 0.4) is 0 Å². The first kappa shape index (κ1) is 12.2. The normalized spacial score (nSPS) is 12.4. The third kappa shape index (κ3) is 3.33. The molecular weight excluding hydrogens is 280 g/mol. The van der Waals surface area contributed by atoms with Crippen molar-refractivity contribution in [3.05, 3.63) is 46.5 Å². The first-order valence-corrected chi connectivity index (χ1v) is 6.35. The molecule has 4 heteroatoms. The highest BCUT2D eigenvalue weighted by Gasteiger charge is 2.08. The van der Waals surface area contributed by atoms with Gasteiger partial charge in [-0.25, -0.2) is 4.98 Å². The lowest BCUT2D eigenvalue weighted by atomic mass is 10.2. The minimum atomic E-state index is 0.271. The summed E-state index contributed by atoms with van der Waals surface area (Å²) in [4.78, 5) is 4.36. The minimum Gasteiger partial charge on any atom is -0.469 e. The van der Waals surface area contributed by atoms with E-state index in [9.17, 15) is 0 Å². The van der Waals surface area contributed by atoms with E-state index in [-0.39, 0.29) is 6.04 Å². The molecule has 0 fully saturated rings. The van der Waals surface area contributed by atoms with Gasteiger partial charge in [-0.05, 0) is 53.5 Å². The fourth-order valence-corrected chi connectivity index (χ4v) is 2.23. The van der Waals surface area contributed by atoms with E-state index in [1.54, 1.807) is 6.26 Å². The number of halogens is 1. The van der Waals surface area contributed by atoms with Crippen LogP contribution in [-0.4, -0.2) is 11.0 Å². The summed E-state index contributed by atoms with van der Waals surface area (Å²) in [6.45, 7) is 4.13. The molecule has 3 nitrogen and oxygen atoms in total. The second-order valence-electron chi connectivity index (χ2n) is 4.17. The Bertz CT molecular complexity index is 482. The van der Waals surface area contributed by atoms with Crippen molar-refractivity contribution in [2.24, 2.45) is 0 Å². The van der Waals surface area contributed by atoms with Gasteiger partial charge in [-0.1, -0.05) is 0 Å². The maximum absolute atomic E-state index is 5.32. The van der Waals surface area contributed by atoms with Crippen LogP contribution in [0.15, 0.2) is 39.5 Å². The van der Waals surface area contributed by atoms with Gasteiger partial charge in [0.15, 0.2) is 0 Å². The van der Waals surface area contributed by atoms with Crippen molar-refractivity contribution < 1.29 is 4.42 Å². The molecule has 0 aliphatic rings. The van der Waals surface area contributed by atoms with Crippen molar-refractivity contribution in [3.8, 4) is 0 Å². The molecule has 90 valence electrons. The highest BCUT2D eigenvalue weighted by molar-refractivity contribution is 9.10. The first-order chi connectivity index (χ1) is 8.15. The summed E-state index contributed by atoms with van der Waals surface area (Å²) < 4.78 is 6.31. The maximum Gasteiger partial charge on any atom is 0.140 e. The average Bonchev–Trinajstić information content (AvgIpc) is 2.75. The second-order valence-corrected chi connectivity index (χ2v) is 5.03. The predicted octanol–water partition coefficient (Wildman–Crippen LogP) is 3.79. The summed E-state index contributed by atoms with van der Waals surface area (Å²) in [6, 6.07) is 6.21. The summed E-state index contributed by atoms with van der Waals surface area (Å²) in [5.74, 6) is 1.85. The number of nitrogens with zero attached hydrogens (tertiary/aromatic N) is 1. The van der Waals surface area contributed by atoms with E-state index < -0.39 is 0 Å². The number of aromatic nitrogens is 1. The van der Waals surface area contributed by atoms with E-state index in [0.29, 0.717) is 0 Å². The van der Waals surface area contributed by atoms with Crippen LogP contribution in [0.1, 0.15) is 18.2 Å². The molecule has 2 aromatic rings. The van der Waals surface area contributed by atoms with E-state index in [1.165, 1.54) is 0 Å². The molecule has 0 aliphatic carbocycles. The Kier molecular flexibility index (Phi) is 3.84. The van der Waals surface area contributed by atoms with Crippen LogP contribution in [0, 0.1) is 6.92 Å². The molecule has 17 heavy (non-hydrogen) atoms. The summed E-state index contributed by atoms with van der Waals surface area (Å²) in [7, 11) is 0.